The zero-order valence-corrected chi connectivity index (χ0v) is 12.1. The summed E-state index contributed by atoms with van der Waals surface area (Å²) in [6.07, 6.45) is -0.754. The Bertz CT molecular complexity index is 348. The van der Waals surface area contributed by atoms with Crippen LogP contribution in [0.3, 0.4) is 0 Å². The van der Waals surface area contributed by atoms with Crippen LogP contribution < -0.4 is 0 Å². The van der Waals surface area contributed by atoms with Crippen LogP contribution in [0.2, 0.25) is 0 Å². The molecule has 0 aliphatic carbocycles. The predicted molar refractivity (Wildman–Crippen MR) is 65.9 cm³/mol. The van der Waals surface area contributed by atoms with E-state index < -0.39 is 35.3 Å². The predicted octanol–water partition coefficient (Wildman–Crippen LogP) is 1.11. The Kier molecular flexibility index (Phi) is 5.49. The van der Waals surface area contributed by atoms with Gasteiger partial charge in [0.05, 0.1) is 6.42 Å². The lowest BCUT2D eigenvalue weighted by molar-refractivity contribution is -0.298. The molecule has 0 aromatic heterocycles. The van der Waals surface area contributed by atoms with Gasteiger partial charge in [0.2, 0.25) is 5.60 Å². The third-order valence-corrected chi connectivity index (χ3v) is 3.14. The Hall–Kier alpha value is -1.18. The molecule has 0 fully saturated rings. The van der Waals surface area contributed by atoms with E-state index in [9.17, 15) is 14.7 Å². The zero-order valence-electron chi connectivity index (χ0n) is 12.1. The Morgan fingerprint density at radius 2 is 1.47 bits per heavy atom. The van der Waals surface area contributed by atoms with Crippen molar-refractivity contribution < 1.29 is 34.0 Å². The van der Waals surface area contributed by atoms with Gasteiger partial charge in [-0.25, -0.2) is 4.79 Å². The molecule has 0 aliphatic rings. The summed E-state index contributed by atoms with van der Waals surface area (Å²) in [5.41, 5.74) is -3.44. The third kappa shape index (κ3) is 3.89. The average molecular weight is 278 g/mol. The highest BCUT2D eigenvalue weighted by Crippen LogP contribution is 2.37. The van der Waals surface area contributed by atoms with E-state index in [0.29, 0.717) is 0 Å². The summed E-state index contributed by atoms with van der Waals surface area (Å²) in [6.45, 7) is 5.90. The van der Waals surface area contributed by atoms with Crippen molar-refractivity contribution in [3.8, 4) is 0 Å². The number of aliphatic carboxylic acids is 2. The van der Waals surface area contributed by atoms with Crippen molar-refractivity contribution in [2.75, 3.05) is 14.2 Å². The summed E-state index contributed by atoms with van der Waals surface area (Å²) < 4.78 is 15.6. The minimum atomic E-state index is -2.08. The number of methoxy groups -OCH3 is 2. The Labute approximate surface area is 112 Å². The van der Waals surface area contributed by atoms with Crippen LogP contribution >= 0.6 is 0 Å². The molecule has 1 atom stereocenters. The maximum atomic E-state index is 11.6. The first kappa shape index (κ1) is 17.8. The van der Waals surface area contributed by atoms with Crippen molar-refractivity contribution in [3.05, 3.63) is 0 Å². The summed E-state index contributed by atoms with van der Waals surface area (Å²) in [5, 5.41) is 18.5. The van der Waals surface area contributed by atoms with Gasteiger partial charge < -0.3 is 24.4 Å². The van der Waals surface area contributed by atoms with E-state index in [0.717, 1.165) is 0 Å². The lowest BCUT2D eigenvalue weighted by atomic mass is 9.82. The van der Waals surface area contributed by atoms with Gasteiger partial charge in [0, 0.05) is 14.2 Å². The quantitative estimate of drug-likeness (QED) is 0.641. The maximum absolute atomic E-state index is 11.6. The van der Waals surface area contributed by atoms with E-state index in [2.05, 4.69) is 0 Å². The molecule has 0 radical (unpaired) electrons. The Morgan fingerprint density at radius 1 is 1.00 bits per heavy atom. The number of carbonyl (C=O) groups is 2. The van der Waals surface area contributed by atoms with Crippen molar-refractivity contribution in [1.29, 1.82) is 0 Å². The molecule has 0 bridgehead atoms. The molecule has 0 amide bonds. The number of rotatable bonds is 8. The van der Waals surface area contributed by atoms with Crippen molar-refractivity contribution in [3.63, 3.8) is 0 Å². The van der Waals surface area contributed by atoms with Gasteiger partial charge in [0.15, 0.2) is 5.79 Å². The van der Waals surface area contributed by atoms with Crippen LogP contribution in [0.1, 0.15) is 34.1 Å². The second kappa shape index (κ2) is 5.85. The molecule has 0 rings (SSSR count). The molecule has 0 saturated heterocycles. The SMILES string of the molecule is COC(C)(C)OC(CC(=O)O)(C(=O)O)C(C)(C)OC. The number of carboxylic acids is 2. The first-order valence-electron chi connectivity index (χ1n) is 5.70. The van der Waals surface area contributed by atoms with Crippen LogP contribution in [0, 0.1) is 0 Å². The van der Waals surface area contributed by atoms with Gasteiger partial charge in [-0.3, -0.25) is 4.79 Å². The van der Waals surface area contributed by atoms with Gasteiger partial charge in [0.25, 0.3) is 0 Å². The smallest absolute Gasteiger partial charge is 0.339 e. The fourth-order valence-electron chi connectivity index (χ4n) is 1.59. The molecule has 112 valence electrons. The van der Waals surface area contributed by atoms with E-state index in [1.807, 2.05) is 0 Å². The lowest BCUT2D eigenvalue weighted by Gasteiger charge is -2.44. The standard InChI is InChI=1S/C12H22O7/c1-10(2,17-5)12(9(15)16,7-8(13)14)19-11(3,4)18-6/h7H2,1-6H3,(H,13,14)(H,15,16). The fourth-order valence-corrected chi connectivity index (χ4v) is 1.59. The van der Waals surface area contributed by atoms with E-state index in [-0.39, 0.29) is 0 Å². The highest BCUT2D eigenvalue weighted by molar-refractivity contribution is 5.85. The molecule has 2 N–H and O–H groups in total. The monoisotopic (exact) mass is 278 g/mol. The van der Waals surface area contributed by atoms with Gasteiger partial charge in [-0.15, -0.1) is 0 Å². The van der Waals surface area contributed by atoms with Gasteiger partial charge in [-0.2, -0.15) is 0 Å². The molecule has 0 aliphatic heterocycles. The Morgan fingerprint density at radius 3 is 1.74 bits per heavy atom. The lowest BCUT2D eigenvalue weighted by Crippen LogP contribution is -2.63. The molecule has 7 nitrogen and oxygen atoms in total. The van der Waals surface area contributed by atoms with Gasteiger partial charge in [-0.05, 0) is 27.7 Å². The van der Waals surface area contributed by atoms with Gasteiger partial charge >= 0.3 is 11.9 Å². The molecular formula is C12H22O7. The summed E-state index contributed by atoms with van der Waals surface area (Å²) in [5.74, 6) is -4.00. The molecule has 0 heterocycles. The molecule has 0 aromatic carbocycles. The summed E-state index contributed by atoms with van der Waals surface area (Å²) >= 11 is 0. The van der Waals surface area contributed by atoms with E-state index in [1.165, 1.54) is 41.9 Å². The van der Waals surface area contributed by atoms with E-state index >= 15 is 0 Å². The van der Waals surface area contributed by atoms with Crippen LogP contribution in [-0.2, 0) is 23.8 Å². The molecule has 19 heavy (non-hydrogen) atoms. The molecule has 0 aromatic rings. The second-order valence-corrected chi connectivity index (χ2v) is 5.12. The van der Waals surface area contributed by atoms with Crippen LogP contribution in [-0.4, -0.2) is 53.4 Å². The number of ether oxygens (including phenoxy) is 3. The zero-order chi connectivity index (χ0) is 15.5. The summed E-state index contributed by atoms with van der Waals surface area (Å²) in [4.78, 5) is 22.6. The number of hydrogen-bond acceptors (Lipinski definition) is 5. The summed E-state index contributed by atoms with van der Waals surface area (Å²) in [6, 6.07) is 0. The number of hydrogen-bond donors (Lipinski definition) is 2. The van der Waals surface area contributed by atoms with Crippen molar-refractivity contribution in [2.45, 2.75) is 51.1 Å². The summed E-state index contributed by atoms with van der Waals surface area (Å²) in [7, 11) is 2.63. The highest BCUT2D eigenvalue weighted by Gasteiger charge is 2.57. The first-order valence-corrected chi connectivity index (χ1v) is 5.70. The largest absolute Gasteiger partial charge is 0.481 e. The molecule has 7 heteroatoms. The first-order chi connectivity index (χ1) is 8.44. The maximum Gasteiger partial charge on any atom is 0.339 e. The van der Waals surface area contributed by atoms with E-state index in [1.54, 1.807) is 0 Å². The second-order valence-electron chi connectivity index (χ2n) is 5.12. The normalized spacial score (nSPS) is 15.9. The fraction of sp³-hybridized carbons (Fsp3) is 0.833. The topological polar surface area (TPSA) is 102 Å². The minimum Gasteiger partial charge on any atom is -0.481 e. The number of carboxylic acid groups (broad SMARTS) is 2. The molecular weight excluding hydrogens is 256 g/mol. The molecule has 0 spiro atoms. The van der Waals surface area contributed by atoms with Crippen molar-refractivity contribution >= 4 is 11.9 Å². The Balaban J connectivity index is 5.79. The van der Waals surface area contributed by atoms with Crippen LogP contribution in [0.4, 0.5) is 0 Å². The van der Waals surface area contributed by atoms with Crippen molar-refractivity contribution in [1.82, 2.24) is 0 Å². The van der Waals surface area contributed by atoms with Crippen LogP contribution in [0.5, 0.6) is 0 Å². The van der Waals surface area contributed by atoms with Crippen LogP contribution in [0.25, 0.3) is 0 Å². The molecule has 1 unspecified atom stereocenters. The third-order valence-electron chi connectivity index (χ3n) is 3.14. The highest BCUT2D eigenvalue weighted by atomic mass is 16.7. The van der Waals surface area contributed by atoms with Crippen molar-refractivity contribution in [2.24, 2.45) is 0 Å². The van der Waals surface area contributed by atoms with E-state index in [4.69, 9.17) is 19.3 Å². The van der Waals surface area contributed by atoms with Gasteiger partial charge in [0.1, 0.15) is 5.60 Å². The van der Waals surface area contributed by atoms with Crippen LogP contribution in [0.15, 0.2) is 0 Å². The molecule has 0 saturated carbocycles. The minimum absolute atomic E-state index is 0.754. The van der Waals surface area contributed by atoms with Gasteiger partial charge in [-0.1, -0.05) is 0 Å². The average Bonchev–Trinajstić information content (AvgIpc) is 2.26.